The van der Waals surface area contributed by atoms with Crippen LogP contribution in [0.25, 0.3) is 0 Å². The Hall–Kier alpha value is -1.07. The molecule has 0 bridgehead atoms. The van der Waals surface area contributed by atoms with E-state index in [9.17, 15) is 8.42 Å². The molecule has 0 amide bonds. The molecule has 5 heteroatoms. The lowest BCUT2D eigenvalue weighted by Crippen LogP contribution is -2.16. The van der Waals surface area contributed by atoms with Crippen LogP contribution in [0.3, 0.4) is 0 Å². The zero-order valence-electron chi connectivity index (χ0n) is 13.5. The first kappa shape index (κ1) is 18.0. The summed E-state index contributed by atoms with van der Waals surface area (Å²) in [6.45, 7) is 7.65. The van der Waals surface area contributed by atoms with Crippen molar-refractivity contribution in [1.82, 2.24) is 5.32 Å². The average Bonchev–Trinajstić information content (AvgIpc) is 2.37. The van der Waals surface area contributed by atoms with Crippen LogP contribution in [0.15, 0.2) is 18.2 Å². The summed E-state index contributed by atoms with van der Waals surface area (Å²) < 4.78 is 29.7. The van der Waals surface area contributed by atoms with Crippen molar-refractivity contribution < 1.29 is 13.2 Å². The van der Waals surface area contributed by atoms with Crippen LogP contribution in [0.4, 0.5) is 0 Å². The van der Waals surface area contributed by atoms with Gasteiger partial charge >= 0.3 is 0 Å². The fourth-order valence-corrected chi connectivity index (χ4v) is 4.10. The molecule has 0 spiro atoms. The Morgan fingerprint density at radius 2 is 2.00 bits per heavy atom. The molecule has 0 aliphatic carbocycles. The van der Waals surface area contributed by atoms with E-state index in [4.69, 9.17) is 4.74 Å². The largest absolute Gasteiger partial charge is 0.496 e. The van der Waals surface area contributed by atoms with Crippen molar-refractivity contribution in [3.8, 4) is 5.75 Å². The molecule has 4 nitrogen and oxygen atoms in total. The van der Waals surface area contributed by atoms with Gasteiger partial charge in [-0.15, -0.1) is 0 Å². The van der Waals surface area contributed by atoms with E-state index < -0.39 is 9.84 Å². The van der Waals surface area contributed by atoms with Gasteiger partial charge in [-0.2, -0.15) is 0 Å². The third kappa shape index (κ3) is 6.48. The summed E-state index contributed by atoms with van der Waals surface area (Å²) in [6.07, 6.45) is 1.08. The van der Waals surface area contributed by atoms with Gasteiger partial charge in [-0.05, 0) is 36.6 Å². The van der Waals surface area contributed by atoms with Crippen molar-refractivity contribution in [2.75, 3.05) is 19.4 Å². The summed E-state index contributed by atoms with van der Waals surface area (Å²) in [5, 5.41) is 3.32. The summed E-state index contributed by atoms with van der Waals surface area (Å²) in [4.78, 5) is 0. The second kappa shape index (κ2) is 8.39. The first-order valence-corrected chi connectivity index (χ1v) is 9.27. The summed E-state index contributed by atoms with van der Waals surface area (Å²) in [5.74, 6) is 1.02. The molecular formula is C16H27NO3S. The highest BCUT2D eigenvalue weighted by Gasteiger charge is 2.17. The van der Waals surface area contributed by atoms with Gasteiger partial charge in [0, 0.05) is 12.1 Å². The molecule has 0 aromatic heterocycles. The molecule has 0 atom stereocenters. The standard InChI is InChI=1S/C16H27NO3S/c1-5-8-17-10-14-6-7-16(20-4)15(9-14)12-21(18,19)11-13(2)3/h6-7,9,13,17H,5,8,10-12H2,1-4H3. The highest BCUT2D eigenvalue weighted by Crippen LogP contribution is 2.23. The van der Waals surface area contributed by atoms with Crippen molar-refractivity contribution in [2.45, 2.75) is 39.5 Å². The SMILES string of the molecule is CCCNCc1ccc(OC)c(CS(=O)(=O)CC(C)C)c1. The maximum absolute atomic E-state index is 12.2. The van der Waals surface area contributed by atoms with Crippen LogP contribution < -0.4 is 10.1 Å². The zero-order chi connectivity index (χ0) is 15.9. The number of hydrogen-bond donors (Lipinski definition) is 1. The Kier molecular flexibility index (Phi) is 7.18. The van der Waals surface area contributed by atoms with E-state index in [1.54, 1.807) is 7.11 Å². The minimum Gasteiger partial charge on any atom is -0.496 e. The highest BCUT2D eigenvalue weighted by molar-refractivity contribution is 7.90. The van der Waals surface area contributed by atoms with Crippen LogP contribution in [0, 0.1) is 5.92 Å². The number of nitrogens with one attached hydrogen (secondary N) is 1. The number of sulfone groups is 1. The minimum atomic E-state index is -3.11. The monoisotopic (exact) mass is 313 g/mol. The minimum absolute atomic E-state index is 0.0377. The number of benzene rings is 1. The Labute approximate surface area is 128 Å². The molecule has 0 saturated heterocycles. The lowest BCUT2D eigenvalue weighted by Gasteiger charge is -2.13. The van der Waals surface area contributed by atoms with Crippen LogP contribution in [0.1, 0.15) is 38.3 Å². The molecule has 0 radical (unpaired) electrons. The maximum Gasteiger partial charge on any atom is 0.154 e. The predicted octanol–water partition coefficient (Wildman–Crippen LogP) is 2.77. The highest BCUT2D eigenvalue weighted by atomic mass is 32.2. The molecule has 0 aliphatic rings. The fourth-order valence-electron chi connectivity index (χ4n) is 2.27. The molecule has 1 rings (SSSR count). The molecule has 0 fully saturated rings. The number of hydrogen-bond acceptors (Lipinski definition) is 4. The van der Waals surface area contributed by atoms with Gasteiger partial charge in [0.2, 0.25) is 0 Å². The van der Waals surface area contributed by atoms with Crippen molar-refractivity contribution >= 4 is 9.84 Å². The Morgan fingerprint density at radius 1 is 1.29 bits per heavy atom. The van der Waals surface area contributed by atoms with Crippen LogP contribution in [0.5, 0.6) is 5.75 Å². The van der Waals surface area contributed by atoms with E-state index in [0.717, 1.165) is 30.6 Å². The topological polar surface area (TPSA) is 55.4 Å². The third-order valence-corrected chi connectivity index (χ3v) is 4.99. The average molecular weight is 313 g/mol. The van der Waals surface area contributed by atoms with E-state index in [0.29, 0.717) is 5.75 Å². The Morgan fingerprint density at radius 3 is 2.57 bits per heavy atom. The predicted molar refractivity (Wildman–Crippen MR) is 87.3 cm³/mol. The third-order valence-electron chi connectivity index (χ3n) is 3.06. The van der Waals surface area contributed by atoms with Gasteiger partial charge in [-0.25, -0.2) is 8.42 Å². The number of ether oxygens (including phenoxy) is 1. The van der Waals surface area contributed by atoms with Crippen molar-refractivity contribution in [2.24, 2.45) is 5.92 Å². The van der Waals surface area contributed by atoms with Gasteiger partial charge in [0.25, 0.3) is 0 Å². The summed E-state index contributed by atoms with van der Waals surface area (Å²) >= 11 is 0. The number of rotatable bonds is 9. The first-order valence-electron chi connectivity index (χ1n) is 7.45. The van der Waals surface area contributed by atoms with Crippen LogP contribution in [0.2, 0.25) is 0 Å². The molecule has 0 unspecified atom stereocenters. The second-order valence-electron chi connectivity index (χ2n) is 5.77. The Balaban J connectivity index is 2.90. The van der Waals surface area contributed by atoms with Gasteiger partial charge < -0.3 is 10.1 Å². The molecule has 0 heterocycles. The van der Waals surface area contributed by atoms with E-state index in [1.165, 1.54) is 0 Å². The van der Waals surface area contributed by atoms with Gasteiger partial charge in [0.05, 0.1) is 18.6 Å². The molecule has 0 saturated carbocycles. The van der Waals surface area contributed by atoms with Gasteiger partial charge in [-0.1, -0.05) is 26.8 Å². The van der Waals surface area contributed by atoms with Gasteiger partial charge in [0.15, 0.2) is 9.84 Å². The van der Waals surface area contributed by atoms with Crippen LogP contribution >= 0.6 is 0 Å². The molecule has 0 aliphatic heterocycles. The van der Waals surface area contributed by atoms with E-state index in [2.05, 4.69) is 12.2 Å². The smallest absolute Gasteiger partial charge is 0.154 e. The lowest BCUT2D eigenvalue weighted by molar-refractivity contribution is 0.410. The maximum atomic E-state index is 12.2. The van der Waals surface area contributed by atoms with E-state index in [1.807, 2.05) is 32.0 Å². The normalized spacial score (nSPS) is 11.9. The molecule has 1 N–H and O–H groups in total. The van der Waals surface area contributed by atoms with E-state index in [-0.39, 0.29) is 17.4 Å². The summed E-state index contributed by atoms with van der Waals surface area (Å²) in [6, 6.07) is 5.75. The molecular weight excluding hydrogens is 286 g/mol. The molecule has 1 aromatic carbocycles. The Bertz CT molecular complexity index is 538. The number of methoxy groups -OCH3 is 1. The fraction of sp³-hybridized carbons (Fsp3) is 0.625. The molecule has 120 valence electrons. The van der Waals surface area contributed by atoms with Crippen molar-refractivity contribution in [3.05, 3.63) is 29.3 Å². The quantitative estimate of drug-likeness (QED) is 0.712. The summed E-state index contributed by atoms with van der Waals surface area (Å²) in [7, 11) is -1.54. The second-order valence-corrected chi connectivity index (χ2v) is 7.88. The lowest BCUT2D eigenvalue weighted by atomic mass is 10.1. The summed E-state index contributed by atoms with van der Waals surface area (Å²) in [5.41, 5.74) is 1.83. The zero-order valence-corrected chi connectivity index (χ0v) is 14.3. The van der Waals surface area contributed by atoms with Crippen molar-refractivity contribution in [3.63, 3.8) is 0 Å². The van der Waals surface area contributed by atoms with Crippen LogP contribution in [-0.4, -0.2) is 27.8 Å². The first-order chi connectivity index (χ1) is 9.88. The van der Waals surface area contributed by atoms with Crippen molar-refractivity contribution in [1.29, 1.82) is 0 Å². The molecule has 1 aromatic rings. The van der Waals surface area contributed by atoms with Crippen LogP contribution in [-0.2, 0) is 22.1 Å². The van der Waals surface area contributed by atoms with Gasteiger partial charge in [-0.3, -0.25) is 0 Å². The molecule has 21 heavy (non-hydrogen) atoms. The van der Waals surface area contributed by atoms with Gasteiger partial charge in [0.1, 0.15) is 5.75 Å². The van der Waals surface area contributed by atoms with E-state index >= 15 is 0 Å².